The summed E-state index contributed by atoms with van der Waals surface area (Å²) in [5.41, 5.74) is 0. The van der Waals surface area contributed by atoms with E-state index in [9.17, 15) is 23.7 Å². The number of nitrogens with zero attached hydrogens (tertiary/aromatic N) is 3. The molecule has 0 unspecified atom stereocenters. The Hall–Kier alpha value is -2.12. The monoisotopic (exact) mass is 231 g/mol. The number of Topliss-reactive ketones (excluding diaryl/α,β-unsaturated/α-hetero) is 1. The molecular weight excluding hydrogens is 224 g/mol. The third-order valence-corrected chi connectivity index (χ3v) is 1.71. The van der Waals surface area contributed by atoms with Crippen LogP contribution in [0.2, 0.25) is 0 Å². The van der Waals surface area contributed by atoms with Crippen molar-refractivity contribution in [1.82, 2.24) is 9.55 Å². The first-order valence-corrected chi connectivity index (χ1v) is 4.18. The van der Waals surface area contributed by atoms with E-state index in [1.165, 1.54) is 0 Å². The second-order valence-electron chi connectivity index (χ2n) is 2.87. The number of hydrogen-bond donors (Lipinski definition) is 0. The molecule has 0 aliphatic carbocycles. The SMILES string of the molecule is O=C(CC=C(F)F)Cn1cncc1[N+](=O)[O-]. The molecule has 0 aromatic carbocycles. The molecule has 0 bridgehead atoms. The van der Waals surface area contributed by atoms with Crippen molar-refractivity contribution >= 4 is 11.6 Å². The van der Waals surface area contributed by atoms with Crippen molar-refractivity contribution in [3.05, 3.63) is 34.8 Å². The predicted molar refractivity (Wildman–Crippen MR) is 48.8 cm³/mol. The van der Waals surface area contributed by atoms with Gasteiger partial charge in [-0.3, -0.25) is 4.79 Å². The minimum atomic E-state index is -1.95. The zero-order valence-electron chi connectivity index (χ0n) is 7.97. The maximum absolute atomic E-state index is 11.7. The molecule has 1 heterocycles. The highest BCUT2D eigenvalue weighted by molar-refractivity contribution is 5.79. The molecule has 0 N–H and O–H groups in total. The molecule has 1 aromatic rings. The number of aromatic nitrogens is 2. The fraction of sp³-hybridized carbons (Fsp3) is 0.250. The van der Waals surface area contributed by atoms with Crippen LogP contribution in [0.15, 0.2) is 24.7 Å². The van der Waals surface area contributed by atoms with E-state index >= 15 is 0 Å². The van der Waals surface area contributed by atoms with Crippen molar-refractivity contribution < 1.29 is 18.5 Å². The van der Waals surface area contributed by atoms with Gasteiger partial charge in [-0.2, -0.15) is 8.78 Å². The molecule has 8 heteroatoms. The maximum Gasteiger partial charge on any atom is 0.343 e. The summed E-state index contributed by atoms with van der Waals surface area (Å²) >= 11 is 0. The number of carbonyl (C=O) groups excluding carboxylic acids is 1. The van der Waals surface area contributed by atoms with Gasteiger partial charge in [-0.05, 0) is 11.0 Å². The Bertz CT molecular complexity index is 437. The Balaban J connectivity index is 2.66. The highest BCUT2D eigenvalue weighted by Crippen LogP contribution is 2.10. The molecule has 0 aliphatic heterocycles. The van der Waals surface area contributed by atoms with Crippen molar-refractivity contribution in [2.24, 2.45) is 0 Å². The van der Waals surface area contributed by atoms with Gasteiger partial charge >= 0.3 is 5.82 Å². The summed E-state index contributed by atoms with van der Waals surface area (Å²) in [6, 6.07) is 0. The summed E-state index contributed by atoms with van der Waals surface area (Å²) in [6.07, 6.45) is 0.140. The largest absolute Gasteiger partial charge is 0.358 e. The van der Waals surface area contributed by atoms with Crippen LogP contribution >= 0.6 is 0 Å². The number of imidazole rings is 1. The lowest BCUT2D eigenvalue weighted by Gasteiger charge is -1.98. The van der Waals surface area contributed by atoms with Crippen LogP contribution in [0.4, 0.5) is 14.6 Å². The topological polar surface area (TPSA) is 78.0 Å². The van der Waals surface area contributed by atoms with Gasteiger partial charge in [0.15, 0.2) is 18.7 Å². The van der Waals surface area contributed by atoms with Crippen LogP contribution in [0, 0.1) is 10.1 Å². The first-order valence-electron chi connectivity index (χ1n) is 4.18. The number of halogens is 2. The normalized spacial score (nSPS) is 9.88. The highest BCUT2D eigenvalue weighted by Gasteiger charge is 2.15. The van der Waals surface area contributed by atoms with Crippen molar-refractivity contribution in [2.75, 3.05) is 0 Å². The van der Waals surface area contributed by atoms with Crippen LogP contribution in [-0.4, -0.2) is 20.3 Å². The lowest BCUT2D eigenvalue weighted by molar-refractivity contribution is -0.392. The summed E-state index contributed by atoms with van der Waals surface area (Å²) < 4.78 is 24.3. The summed E-state index contributed by atoms with van der Waals surface area (Å²) in [4.78, 5) is 24.4. The highest BCUT2D eigenvalue weighted by atomic mass is 19.3. The summed E-state index contributed by atoms with van der Waals surface area (Å²) in [6.45, 7) is -0.347. The molecule has 0 spiro atoms. The second kappa shape index (κ2) is 5.10. The first-order chi connectivity index (χ1) is 7.50. The molecule has 0 saturated carbocycles. The quantitative estimate of drug-likeness (QED) is 0.568. The number of allylic oxidation sites excluding steroid dienone is 1. The summed E-state index contributed by atoms with van der Waals surface area (Å²) in [5, 5.41) is 10.4. The van der Waals surface area contributed by atoms with Crippen LogP contribution in [0.3, 0.4) is 0 Å². The second-order valence-corrected chi connectivity index (χ2v) is 2.87. The Morgan fingerprint density at radius 3 is 2.88 bits per heavy atom. The van der Waals surface area contributed by atoms with Crippen LogP contribution in [0.25, 0.3) is 0 Å². The van der Waals surface area contributed by atoms with Gasteiger partial charge in [-0.15, -0.1) is 0 Å². The molecule has 6 nitrogen and oxygen atoms in total. The fourth-order valence-electron chi connectivity index (χ4n) is 1.03. The molecule has 1 aromatic heterocycles. The van der Waals surface area contributed by atoms with E-state index < -0.39 is 23.2 Å². The Morgan fingerprint density at radius 1 is 1.62 bits per heavy atom. The van der Waals surface area contributed by atoms with Crippen molar-refractivity contribution in [3.63, 3.8) is 0 Å². The summed E-state index contributed by atoms with van der Waals surface area (Å²) in [5.74, 6) is -0.910. The third kappa shape index (κ3) is 3.23. The Morgan fingerprint density at radius 2 is 2.31 bits per heavy atom. The Kier molecular flexibility index (Phi) is 3.81. The number of ketones is 1. The average molecular weight is 231 g/mol. The minimum Gasteiger partial charge on any atom is -0.358 e. The third-order valence-electron chi connectivity index (χ3n) is 1.71. The molecule has 1 rings (SSSR count). The van der Waals surface area contributed by atoms with E-state index in [0.717, 1.165) is 17.1 Å². The minimum absolute atomic E-state index is 0.347. The van der Waals surface area contributed by atoms with Gasteiger partial charge < -0.3 is 10.1 Å². The molecule has 86 valence electrons. The van der Waals surface area contributed by atoms with E-state index in [2.05, 4.69) is 4.98 Å². The van der Waals surface area contributed by atoms with Gasteiger partial charge in [0.1, 0.15) is 6.20 Å². The van der Waals surface area contributed by atoms with Gasteiger partial charge in [-0.1, -0.05) is 0 Å². The zero-order valence-corrected chi connectivity index (χ0v) is 7.97. The van der Waals surface area contributed by atoms with E-state index in [-0.39, 0.29) is 12.4 Å². The molecule has 0 amide bonds. The average Bonchev–Trinajstić information content (AvgIpc) is 2.62. The number of carbonyl (C=O) groups is 1. The van der Waals surface area contributed by atoms with Crippen molar-refractivity contribution in [2.45, 2.75) is 13.0 Å². The van der Waals surface area contributed by atoms with E-state index in [0.29, 0.717) is 6.08 Å². The lowest BCUT2D eigenvalue weighted by atomic mass is 10.3. The molecular formula is C8H7F2N3O3. The van der Waals surface area contributed by atoms with Crippen LogP contribution < -0.4 is 0 Å². The molecule has 0 radical (unpaired) electrons. The van der Waals surface area contributed by atoms with Gasteiger partial charge in [0.05, 0.1) is 0 Å². The van der Waals surface area contributed by atoms with Gasteiger partial charge in [-0.25, -0.2) is 9.55 Å². The lowest BCUT2D eigenvalue weighted by Crippen LogP contribution is -2.10. The summed E-state index contributed by atoms with van der Waals surface area (Å²) in [7, 11) is 0. The number of nitro groups is 1. The van der Waals surface area contributed by atoms with Crippen LogP contribution in [-0.2, 0) is 11.3 Å². The van der Waals surface area contributed by atoms with Crippen molar-refractivity contribution in [1.29, 1.82) is 0 Å². The first kappa shape index (κ1) is 12.0. The van der Waals surface area contributed by atoms with Crippen LogP contribution in [0.5, 0.6) is 0 Å². The number of rotatable bonds is 5. The van der Waals surface area contributed by atoms with Gasteiger partial charge in [0.2, 0.25) is 0 Å². The fourth-order valence-corrected chi connectivity index (χ4v) is 1.03. The smallest absolute Gasteiger partial charge is 0.343 e. The van der Waals surface area contributed by atoms with E-state index in [4.69, 9.17) is 0 Å². The molecule has 0 atom stereocenters. The maximum atomic E-state index is 11.7. The standard InChI is InChI=1S/C8H7F2N3O3/c9-7(10)2-1-6(14)4-12-5-11-3-8(12)13(15)16/h2-3,5H,1,4H2. The van der Waals surface area contributed by atoms with Crippen molar-refractivity contribution in [3.8, 4) is 0 Å². The van der Waals surface area contributed by atoms with Gasteiger partial charge in [0, 0.05) is 6.42 Å². The number of hydrogen-bond acceptors (Lipinski definition) is 4. The predicted octanol–water partition coefficient (Wildman–Crippen LogP) is 1.53. The molecule has 16 heavy (non-hydrogen) atoms. The Labute approximate surface area is 88.4 Å². The molecule has 0 fully saturated rings. The molecule has 0 aliphatic rings. The molecule has 0 saturated heterocycles. The van der Waals surface area contributed by atoms with Gasteiger partial charge in [0.25, 0.3) is 6.08 Å². The van der Waals surface area contributed by atoms with E-state index in [1.54, 1.807) is 0 Å². The van der Waals surface area contributed by atoms with E-state index in [1.807, 2.05) is 0 Å². The van der Waals surface area contributed by atoms with Crippen LogP contribution in [0.1, 0.15) is 6.42 Å². The zero-order chi connectivity index (χ0) is 12.1.